The van der Waals surface area contributed by atoms with Gasteiger partial charge in [-0.1, -0.05) is 47.6 Å². The Morgan fingerprint density at radius 1 is 1.29 bits per heavy atom. The molecule has 0 saturated heterocycles. The van der Waals surface area contributed by atoms with Gasteiger partial charge in [-0.25, -0.2) is 0 Å². The Kier molecular flexibility index (Phi) is 6.89. The molecule has 0 aliphatic rings. The molecule has 1 amide bonds. The first-order chi connectivity index (χ1) is 13.6. The van der Waals surface area contributed by atoms with E-state index in [-0.39, 0.29) is 5.91 Å². The third kappa shape index (κ3) is 5.02. The molecule has 7 nitrogen and oxygen atoms in total. The Balaban J connectivity index is 1.56. The van der Waals surface area contributed by atoms with Crippen molar-refractivity contribution in [3.63, 3.8) is 0 Å². The largest absolute Gasteiger partial charge is 0.494 e. The van der Waals surface area contributed by atoms with Crippen molar-refractivity contribution in [2.75, 3.05) is 12.9 Å². The van der Waals surface area contributed by atoms with Crippen LogP contribution in [-0.2, 0) is 11.3 Å². The van der Waals surface area contributed by atoms with Gasteiger partial charge in [0.1, 0.15) is 11.4 Å². The molecule has 0 aliphatic heterocycles. The van der Waals surface area contributed by atoms with Crippen molar-refractivity contribution in [1.29, 1.82) is 0 Å². The fraction of sp³-hybridized carbons (Fsp3) is 0.263. The summed E-state index contributed by atoms with van der Waals surface area (Å²) in [6, 6.07) is 13.2. The molecule has 146 valence electrons. The predicted molar refractivity (Wildman–Crippen MR) is 109 cm³/mol. The fourth-order valence-electron chi connectivity index (χ4n) is 2.54. The molecule has 0 saturated carbocycles. The summed E-state index contributed by atoms with van der Waals surface area (Å²) in [6.07, 6.45) is 0.340. The second-order valence-electron chi connectivity index (χ2n) is 6.02. The molecule has 3 aromatic rings. The maximum absolute atomic E-state index is 12.1. The minimum Gasteiger partial charge on any atom is -0.494 e. The number of nitrogens with zero attached hydrogens (tertiary/aromatic N) is 4. The van der Waals surface area contributed by atoms with E-state index in [1.54, 1.807) is 17.9 Å². The number of carbonyl (C=O) groups excluding carboxylic acids is 1. The van der Waals surface area contributed by atoms with Crippen LogP contribution in [0.3, 0.4) is 0 Å². The summed E-state index contributed by atoms with van der Waals surface area (Å²) in [5.41, 5.74) is 2.72. The number of amides is 1. The van der Waals surface area contributed by atoms with E-state index in [4.69, 9.17) is 16.3 Å². The third-order valence-electron chi connectivity index (χ3n) is 4.00. The highest BCUT2D eigenvalue weighted by Gasteiger charge is 2.14. The smallest absolute Gasteiger partial charge is 0.221 e. The maximum atomic E-state index is 12.1. The molecular weight excluding hydrogens is 398 g/mol. The van der Waals surface area contributed by atoms with Crippen LogP contribution in [0.25, 0.3) is 5.69 Å². The highest BCUT2D eigenvalue weighted by Crippen LogP contribution is 2.27. The number of hydrogen-bond donors (Lipinski definition) is 1. The number of aryl methyl sites for hydroxylation is 1. The maximum Gasteiger partial charge on any atom is 0.221 e. The second kappa shape index (κ2) is 9.57. The zero-order valence-electron chi connectivity index (χ0n) is 15.6. The first kappa shape index (κ1) is 20.2. The van der Waals surface area contributed by atoms with Crippen LogP contribution in [0.15, 0.2) is 47.6 Å². The molecule has 9 heteroatoms. The number of rotatable bonds is 8. The highest BCUT2D eigenvalue weighted by molar-refractivity contribution is 7.99. The van der Waals surface area contributed by atoms with Crippen molar-refractivity contribution in [1.82, 2.24) is 25.5 Å². The lowest BCUT2D eigenvalue weighted by Gasteiger charge is -2.10. The van der Waals surface area contributed by atoms with Crippen molar-refractivity contribution < 1.29 is 9.53 Å². The van der Waals surface area contributed by atoms with Gasteiger partial charge in [-0.3, -0.25) is 4.79 Å². The van der Waals surface area contributed by atoms with Gasteiger partial charge in [0.2, 0.25) is 11.1 Å². The van der Waals surface area contributed by atoms with Gasteiger partial charge in [0, 0.05) is 23.7 Å². The van der Waals surface area contributed by atoms with Crippen LogP contribution in [0, 0.1) is 6.92 Å². The molecular formula is C19H20ClN5O2S. The number of halogens is 1. The van der Waals surface area contributed by atoms with Crippen LogP contribution in [0.2, 0.25) is 5.02 Å². The van der Waals surface area contributed by atoms with Crippen LogP contribution in [0.4, 0.5) is 0 Å². The molecule has 0 radical (unpaired) electrons. The molecule has 0 spiro atoms. The standard InChI is InChI=1S/C19H20ClN5O2S/c1-13-7-8-17(27-2)16(11-13)25-19(22-23-24-25)28-10-9-18(26)21-12-14-5-3-4-6-15(14)20/h3-8,11H,9-10,12H2,1-2H3,(H,21,26). The zero-order valence-corrected chi connectivity index (χ0v) is 17.1. The van der Waals surface area contributed by atoms with Crippen molar-refractivity contribution >= 4 is 29.3 Å². The Hall–Kier alpha value is -2.58. The SMILES string of the molecule is COc1ccc(C)cc1-n1nnnc1SCCC(=O)NCc1ccccc1Cl. The predicted octanol–water partition coefficient (Wildman–Crippen LogP) is 3.43. The first-order valence-electron chi connectivity index (χ1n) is 8.65. The van der Waals surface area contributed by atoms with E-state index in [1.165, 1.54) is 11.8 Å². The van der Waals surface area contributed by atoms with Crippen molar-refractivity contribution in [3.05, 3.63) is 58.6 Å². The van der Waals surface area contributed by atoms with Crippen molar-refractivity contribution in [3.8, 4) is 11.4 Å². The molecule has 0 aliphatic carbocycles. The summed E-state index contributed by atoms with van der Waals surface area (Å²) < 4.78 is 7.03. The Bertz CT molecular complexity index is 963. The van der Waals surface area contributed by atoms with E-state index < -0.39 is 0 Å². The lowest BCUT2D eigenvalue weighted by Crippen LogP contribution is -2.23. The second-order valence-corrected chi connectivity index (χ2v) is 7.48. The quantitative estimate of drug-likeness (QED) is 0.565. The summed E-state index contributed by atoms with van der Waals surface area (Å²) in [5, 5.41) is 16.0. The van der Waals surface area contributed by atoms with Crippen molar-refractivity contribution in [2.45, 2.75) is 25.0 Å². The summed E-state index contributed by atoms with van der Waals surface area (Å²) in [6.45, 7) is 2.39. The number of benzene rings is 2. The average molecular weight is 418 g/mol. The molecule has 28 heavy (non-hydrogen) atoms. The molecule has 2 aromatic carbocycles. The van der Waals surface area contributed by atoms with Gasteiger partial charge < -0.3 is 10.1 Å². The third-order valence-corrected chi connectivity index (χ3v) is 5.29. The number of thioether (sulfide) groups is 1. The first-order valence-corrected chi connectivity index (χ1v) is 10.0. The molecule has 1 N–H and O–H groups in total. The number of nitrogens with one attached hydrogen (secondary N) is 1. The van der Waals surface area contributed by atoms with Gasteiger partial charge in [0.15, 0.2) is 0 Å². The monoisotopic (exact) mass is 417 g/mol. The zero-order chi connectivity index (χ0) is 19.9. The van der Waals surface area contributed by atoms with E-state index in [2.05, 4.69) is 20.8 Å². The molecule has 0 atom stereocenters. The number of methoxy groups -OCH3 is 1. The minimum atomic E-state index is -0.0559. The van der Waals surface area contributed by atoms with Crippen molar-refractivity contribution in [2.24, 2.45) is 0 Å². The lowest BCUT2D eigenvalue weighted by atomic mass is 10.2. The average Bonchev–Trinajstić information content (AvgIpc) is 3.15. The molecule has 3 rings (SSSR count). The number of tetrazole rings is 1. The Labute approximate surface area is 172 Å². The van der Waals surface area contributed by atoms with Crippen LogP contribution in [-0.4, -0.2) is 39.0 Å². The van der Waals surface area contributed by atoms with E-state index in [9.17, 15) is 4.79 Å². The fourth-order valence-corrected chi connectivity index (χ4v) is 3.57. The summed E-state index contributed by atoms with van der Waals surface area (Å²) in [7, 11) is 1.61. The molecule has 0 fully saturated rings. The topological polar surface area (TPSA) is 81.9 Å². The molecule has 0 bridgehead atoms. The summed E-state index contributed by atoms with van der Waals surface area (Å²) in [5.74, 6) is 1.17. The number of hydrogen-bond acceptors (Lipinski definition) is 6. The number of ether oxygens (including phenoxy) is 1. The Morgan fingerprint density at radius 2 is 2.11 bits per heavy atom. The number of carbonyl (C=O) groups is 1. The van der Waals surface area contributed by atoms with Gasteiger partial charge in [-0.05, 0) is 46.7 Å². The molecule has 1 aromatic heterocycles. The number of aromatic nitrogens is 4. The van der Waals surface area contributed by atoms with Gasteiger partial charge in [0.05, 0.1) is 7.11 Å². The van der Waals surface area contributed by atoms with E-state index in [0.717, 1.165) is 16.8 Å². The van der Waals surface area contributed by atoms with Crippen LogP contribution >= 0.6 is 23.4 Å². The lowest BCUT2D eigenvalue weighted by molar-refractivity contribution is -0.120. The molecule has 0 unspecified atom stereocenters. The van der Waals surface area contributed by atoms with Gasteiger partial charge >= 0.3 is 0 Å². The Morgan fingerprint density at radius 3 is 2.89 bits per heavy atom. The summed E-state index contributed by atoms with van der Waals surface area (Å²) in [4.78, 5) is 12.1. The van der Waals surface area contributed by atoms with Crippen LogP contribution in [0.5, 0.6) is 5.75 Å². The molecule has 1 heterocycles. The normalized spacial score (nSPS) is 10.7. The van der Waals surface area contributed by atoms with Crippen LogP contribution in [0.1, 0.15) is 17.5 Å². The summed E-state index contributed by atoms with van der Waals surface area (Å²) >= 11 is 7.51. The minimum absolute atomic E-state index is 0.0559. The van der Waals surface area contributed by atoms with Gasteiger partial charge in [-0.2, -0.15) is 4.68 Å². The highest BCUT2D eigenvalue weighted by atomic mass is 35.5. The van der Waals surface area contributed by atoms with E-state index in [1.807, 2.05) is 43.3 Å². The van der Waals surface area contributed by atoms with E-state index >= 15 is 0 Å². The van der Waals surface area contributed by atoms with E-state index in [0.29, 0.717) is 34.6 Å². The van der Waals surface area contributed by atoms with Crippen LogP contribution < -0.4 is 10.1 Å². The van der Waals surface area contributed by atoms with Gasteiger partial charge in [-0.15, -0.1) is 5.10 Å². The van der Waals surface area contributed by atoms with Gasteiger partial charge in [0.25, 0.3) is 0 Å².